The van der Waals surface area contributed by atoms with E-state index >= 15 is 0 Å². The topological polar surface area (TPSA) is 87.2 Å². The maximum atomic E-state index is 11.8. The lowest BCUT2D eigenvalue weighted by Gasteiger charge is -2.37. The molecule has 2 saturated heterocycles. The number of amides is 2. The summed E-state index contributed by atoms with van der Waals surface area (Å²) in [7, 11) is 0. The monoisotopic (exact) mass is 284 g/mol. The highest BCUT2D eigenvalue weighted by Gasteiger charge is 2.47. The Morgan fingerprint density at radius 3 is 2.55 bits per heavy atom. The number of nitrogens with zero attached hydrogens (tertiary/aromatic N) is 2. The molecule has 2 heterocycles. The Morgan fingerprint density at radius 1 is 1.35 bits per heavy atom. The highest BCUT2D eigenvalue weighted by Crippen LogP contribution is 2.33. The number of carbonyl (C=O) groups is 3. The van der Waals surface area contributed by atoms with E-state index in [1.807, 2.05) is 6.92 Å². The van der Waals surface area contributed by atoms with E-state index < -0.39 is 17.7 Å². The maximum Gasteiger partial charge on any atom is 0.411 e. The Kier molecular flexibility index (Phi) is 4.15. The standard InChI is InChI=1S/C13H20N2O5/c1-2-3-10(16)14-6-4-13(5-7-14)9-15(8-11(17)18)12(19)20-13/h2-9H2,1H3,(H,17,18). The van der Waals surface area contributed by atoms with Crippen molar-refractivity contribution in [3.63, 3.8) is 0 Å². The molecule has 0 radical (unpaired) electrons. The average Bonchev–Trinajstić information content (AvgIpc) is 2.66. The summed E-state index contributed by atoms with van der Waals surface area (Å²) < 4.78 is 5.38. The van der Waals surface area contributed by atoms with Crippen LogP contribution in [-0.4, -0.2) is 64.7 Å². The maximum absolute atomic E-state index is 11.8. The molecule has 2 amide bonds. The van der Waals surface area contributed by atoms with E-state index in [0.29, 0.717) is 38.9 Å². The molecule has 1 N–H and O–H groups in total. The first kappa shape index (κ1) is 14.6. The van der Waals surface area contributed by atoms with Gasteiger partial charge < -0.3 is 14.7 Å². The van der Waals surface area contributed by atoms with Crippen molar-refractivity contribution in [2.75, 3.05) is 26.2 Å². The van der Waals surface area contributed by atoms with Gasteiger partial charge in [-0.1, -0.05) is 6.92 Å². The zero-order valence-corrected chi connectivity index (χ0v) is 11.6. The summed E-state index contributed by atoms with van der Waals surface area (Å²) in [5.74, 6) is -0.913. The van der Waals surface area contributed by atoms with Crippen molar-refractivity contribution in [1.82, 2.24) is 9.80 Å². The van der Waals surface area contributed by atoms with Crippen molar-refractivity contribution in [3.05, 3.63) is 0 Å². The fourth-order valence-electron chi connectivity index (χ4n) is 2.77. The number of carbonyl (C=O) groups excluding carboxylic acids is 2. The molecule has 0 aromatic carbocycles. The summed E-state index contributed by atoms with van der Waals surface area (Å²) in [5.41, 5.74) is -0.616. The summed E-state index contributed by atoms with van der Waals surface area (Å²) in [6.45, 7) is 3.05. The van der Waals surface area contributed by atoms with Gasteiger partial charge in [0.25, 0.3) is 0 Å². The average molecular weight is 284 g/mol. The lowest BCUT2D eigenvalue weighted by Crippen LogP contribution is -2.48. The van der Waals surface area contributed by atoms with Crippen LogP contribution < -0.4 is 0 Å². The van der Waals surface area contributed by atoms with E-state index in [2.05, 4.69) is 0 Å². The van der Waals surface area contributed by atoms with Crippen molar-refractivity contribution in [2.24, 2.45) is 0 Å². The molecule has 1 spiro atoms. The molecule has 112 valence electrons. The van der Waals surface area contributed by atoms with E-state index in [4.69, 9.17) is 9.84 Å². The summed E-state index contributed by atoms with van der Waals surface area (Å²) in [5, 5.41) is 8.75. The minimum atomic E-state index is -1.05. The fourth-order valence-corrected chi connectivity index (χ4v) is 2.77. The van der Waals surface area contributed by atoms with E-state index in [0.717, 1.165) is 6.42 Å². The van der Waals surface area contributed by atoms with Gasteiger partial charge in [0, 0.05) is 32.4 Å². The first-order chi connectivity index (χ1) is 9.46. The van der Waals surface area contributed by atoms with E-state index in [9.17, 15) is 14.4 Å². The molecule has 0 aromatic heterocycles. The number of ether oxygens (including phenoxy) is 1. The van der Waals surface area contributed by atoms with Crippen molar-refractivity contribution in [2.45, 2.75) is 38.2 Å². The van der Waals surface area contributed by atoms with Crippen molar-refractivity contribution >= 4 is 18.0 Å². The number of carboxylic acid groups (broad SMARTS) is 1. The molecular weight excluding hydrogens is 264 g/mol. The van der Waals surface area contributed by atoms with E-state index in [-0.39, 0.29) is 12.5 Å². The molecule has 7 nitrogen and oxygen atoms in total. The van der Waals surface area contributed by atoms with Crippen molar-refractivity contribution < 1.29 is 24.2 Å². The smallest absolute Gasteiger partial charge is 0.411 e. The third-order valence-electron chi connectivity index (χ3n) is 3.86. The normalized spacial score (nSPS) is 21.1. The Morgan fingerprint density at radius 2 is 2.00 bits per heavy atom. The molecule has 7 heteroatoms. The van der Waals surface area contributed by atoms with Crippen molar-refractivity contribution in [3.8, 4) is 0 Å². The van der Waals surface area contributed by atoms with Gasteiger partial charge in [0.2, 0.25) is 5.91 Å². The Hall–Kier alpha value is -1.79. The van der Waals surface area contributed by atoms with Crippen LogP contribution in [0.1, 0.15) is 32.6 Å². The molecule has 0 atom stereocenters. The van der Waals surface area contributed by atoms with Crippen LogP contribution in [0.2, 0.25) is 0 Å². The predicted molar refractivity (Wildman–Crippen MR) is 69.1 cm³/mol. The molecule has 2 fully saturated rings. The molecule has 0 saturated carbocycles. The van der Waals surface area contributed by atoms with Gasteiger partial charge >= 0.3 is 12.1 Å². The van der Waals surface area contributed by atoms with Crippen LogP contribution >= 0.6 is 0 Å². The number of hydrogen-bond acceptors (Lipinski definition) is 4. The first-order valence-electron chi connectivity index (χ1n) is 6.93. The number of likely N-dealkylation sites (tertiary alicyclic amines) is 1. The Bertz CT molecular complexity index is 415. The third kappa shape index (κ3) is 3.02. The van der Waals surface area contributed by atoms with Gasteiger partial charge in [0.05, 0.1) is 6.54 Å². The van der Waals surface area contributed by atoms with Gasteiger partial charge in [-0.25, -0.2) is 4.79 Å². The largest absolute Gasteiger partial charge is 0.480 e. The molecular formula is C13H20N2O5. The molecule has 2 rings (SSSR count). The van der Waals surface area contributed by atoms with Crippen LogP contribution in [0, 0.1) is 0 Å². The highest BCUT2D eigenvalue weighted by molar-refractivity contribution is 5.78. The second kappa shape index (κ2) is 5.68. The van der Waals surface area contributed by atoms with Crippen LogP contribution in [0.4, 0.5) is 4.79 Å². The molecule has 0 bridgehead atoms. The van der Waals surface area contributed by atoms with Gasteiger partial charge in [0.15, 0.2) is 0 Å². The van der Waals surface area contributed by atoms with Crippen LogP contribution in [0.5, 0.6) is 0 Å². The number of carboxylic acids is 1. The van der Waals surface area contributed by atoms with Gasteiger partial charge in [-0.2, -0.15) is 0 Å². The van der Waals surface area contributed by atoms with Gasteiger partial charge in [0.1, 0.15) is 12.1 Å². The summed E-state index contributed by atoms with van der Waals surface area (Å²) in [6.07, 6.45) is 1.94. The quantitative estimate of drug-likeness (QED) is 0.820. The zero-order chi connectivity index (χ0) is 14.8. The minimum absolute atomic E-state index is 0.133. The lowest BCUT2D eigenvalue weighted by molar-refractivity contribution is -0.137. The number of aliphatic carboxylic acids is 1. The minimum Gasteiger partial charge on any atom is -0.480 e. The number of piperidine rings is 1. The predicted octanol–water partition coefficient (Wildman–Crippen LogP) is 0.684. The molecule has 2 aliphatic heterocycles. The third-order valence-corrected chi connectivity index (χ3v) is 3.86. The SMILES string of the molecule is CCCC(=O)N1CCC2(CC1)CN(CC(=O)O)C(=O)O2. The Balaban J connectivity index is 1.91. The van der Waals surface area contributed by atoms with Crippen LogP contribution in [0.15, 0.2) is 0 Å². The second-order valence-corrected chi connectivity index (χ2v) is 5.43. The van der Waals surface area contributed by atoms with Crippen LogP contribution in [0.3, 0.4) is 0 Å². The lowest BCUT2D eigenvalue weighted by atomic mass is 9.91. The molecule has 0 aliphatic carbocycles. The summed E-state index contributed by atoms with van der Waals surface area (Å²) in [4.78, 5) is 37.2. The Labute approximate surface area is 117 Å². The summed E-state index contributed by atoms with van der Waals surface area (Å²) >= 11 is 0. The second-order valence-electron chi connectivity index (χ2n) is 5.43. The van der Waals surface area contributed by atoms with Crippen LogP contribution in [-0.2, 0) is 14.3 Å². The van der Waals surface area contributed by atoms with E-state index in [1.165, 1.54) is 4.90 Å². The van der Waals surface area contributed by atoms with Crippen LogP contribution in [0.25, 0.3) is 0 Å². The summed E-state index contributed by atoms with van der Waals surface area (Å²) in [6, 6.07) is 0. The van der Waals surface area contributed by atoms with Crippen molar-refractivity contribution in [1.29, 1.82) is 0 Å². The first-order valence-corrected chi connectivity index (χ1v) is 6.93. The molecule has 20 heavy (non-hydrogen) atoms. The fraction of sp³-hybridized carbons (Fsp3) is 0.769. The molecule has 2 aliphatic rings. The van der Waals surface area contributed by atoms with Gasteiger partial charge in [-0.3, -0.25) is 14.5 Å². The van der Waals surface area contributed by atoms with Gasteiger partial charge in [-0.15, -0.1) is 0 Å². The number of rotatable bonds is 4. The van der Waals surface area contributed by atoms with E-state index in [1.54, 1.807) is 4.90 Å². The highest BCUT2D eigenvalue weighted by atomic mass is 16.6. The molecule has 0 aromatic rings. The zero-order valence-electron chi connectivity index (χ0n) is 11.6. The number of hydrogen-bond donors (Lipinski definition) is 1. The van der Waals surface area contributed by atoms with Gasteiger partial charge in [-0.05, 0) is 6.42 Å². The molecule has 0 unspecified atom stereocenters.